The van der Waals surface area contributed by atoms with Gasteiger partial charge in [0.2, 0.25) is 0 Å². The Labute approximate surface area is 90.1 Å². The van der Waals surface area contributed by atoms with E-state index in [-0.39, 0.29) is 0 Å². The van der Waals surface area contributed by atoms with Gasteiger partial charge in [-0.3, -0.25) is 0 Å². The van der Waals surface area contributed by atoms with Crippen LogP contribution in [-0.2, 0) is 0 Å². The van der Waals surface area contributed by atoms with Crippen molar-refractivity contribution in [3.8, 4) is 0 Å². The van der Waals surface area contributed by atoms with E-state index in [1.54, 1.807) is 0 Å². The van der Waals surface area contributed by atoms with Crippen molar-refractivity contribution < 1.29 is 0 Å². The first-order chi connectivity index (χ1) is 6.18. The van der Waals surface area contributed by atoms with Crippen LogP contribution in [0.15, 0.2) is 12.4 Å². The van der Waals surface area contributed by atoms with Gasteiger partial charge in [0.15, 0.2) is 0 Å². The molecule has 2 rings (SSSR count). The fourth-order valence-corrected chi connectivity index (χ4v) is 1.72. The van der Waals surface area contributed by atoms with E-state index < -0.39 is 0 Å². The van der Waals surface area contributed by atoms with Gasteiger partial charge in [0.25, 0.3) is 0 Å². The lowest BCUT2D eigenvalue weighted by Crippen LogP contribution is -1.96. The van der Waals surface area contributed by atoms with E-state index in [4.69, 9.17) is 0 Å². The van der Waals surface area contributed by atoms with Crippen molar-refractivity contribution in [3.05, 3.63) is 21.8 Å². The van der Waals surface area contributed by atoms with Gasteiger partial charge in [-0.2, -0.15) is 0 Å². The molecule has 2 aromatic rings. The second-order valence-corrected chi connectivity index (χ2v) is 4.44. The summed E-state index contributed by atoms with van der Waals surface area (Å²) in [5.41, 5.74) is 0.933. The molecule has 68 valence electrons. The SMILES string of the molecule is CC(C)c1ncc2c(I)c[nH]c2n1. The average molecular weight is 287 g/mol. The minimum atomic E-state index is 0.380. The molecule has 4 heteroatoms. The van der Waals surface area contributed by atoms with Gasteiger partial charge in [0, 0.05) is 21.9 Å². The maximum Gasteiger partial charge on any atom is 0.142 e. The molecule has 0 atom stereocenters. The highest BCUT2D eigenvalue weighted by Crippen LogP contribution is 2.19. The molecule has 13 heavy (non-hydrogen) atoms. The van der Waals surface area contributed by atoms with Crippen LogP contribution >= 0.6 is 22.6 Å². The second kappa shape index (κ2) is 3.25. The topological polar surface area (TPSA) is 41.6 Å². The van der Waals surface area contributed by atoms with Crippen molar-refractivity contribution in [1.29, 1.82) is 0 Å². The zero-order valence-corrected chi connectivity index (χ0v) is 9.66. The molecule has 0 unspecified atom stereocenters. The van der Waals surface area contributed by atoms with Crippen LogP contribution < -0.4 is 0 Å². The van der Waals surface area contributed by atoms with Gasteiger partial charge < -0.3 is 4.98 Å². The van der Waals surface area contributed by atoms with E-state index in [1.165, 1.54) is 3.57 Å². The number of nitrogens with one attached hydrogen (secondary N) is 1. The summed E-state index contributed by atoms with van der Waals surface area (Å²) in [6, 6.07) is 0. The second-order valence-electron chi connectivity index (χ2n) is 3.28. The molecule has 1 N–H and O–H groups in total. The molecule has 3 nitrogen and oxygen atoms in total. The van der Waals surface area contributed by atoms with Crippen molar-refractivity contribution >= 4 is 33.6 Å². The molecule has 0 bridgehead atoms. The molecule has 0 radical (unpaired) electrons. The number of aromatic amines is 1. The van der Waals surface area contributed by atoms with Crippen LogP contribution in [0.4, 0.5) is 0 Å². The predicted molar refractivity (Wildman–Crippen MR) is 60.7 cm³/mol. The number of fused-ring (bicyclic) bond motifs is 1. The lowest BCUT2D eigenvalue weighted by Gasteiger charge is -2.01. The van der Waals surface area contributed by atoms with Crippen molar-refractivity contribution in [2.75, 3.05) is 0 Å². The smallest absolute Gasteiger partial charge is 0.142 e. The van der Waals surface area contributed by atoms with Crippen LogP contribution in [0.5, 0.6) is 0 Å². The molecular formula is C9H10IN3. The van der Waals surface area contributed by atoms with Crippen molar-refractivity contribution in [2.24, 2.45) is 0 Å². The third-order valence-corrected chi connectivity index (χ3v) is 2.81. The first-order valence-electron chi connectivity index (χ1n) is 4.18. The van der Waals surface area contributed by atoms with Crippen molar-refractivity contribution in [3.63, 3.8) is 0 Å². The fourth-order valence-electron chi connectivity index (χ4n) is 1.17. The van der Waals surface area contributed by atoms with Gasteiger partial charge >= 0.3 is 0 Å². The summed E-state index contributed by atoms with van der Waals surface area (Å²) < 4.78 is 1.17. The molecule has 2 aromatic heterocycles. The molecule has 0 aliphatic rings. The third kappa shape index (κ3) is 1.54. The Morgan fingerprint density at radius 2 is 2.23 bits per heavy atom. The molecule has 0 saturated carbocycles. The van der Waals surface area contributed by atoms with Crippen molar-refractivity contribution in [2.45, 2.75) is 19.8 Å². The minimum absolute atomic E-state index is 0.380. The molecule has 0 spiro atoms. The van der Waals surface area contributed by atoms with Gasteiger partial charge in [0.05, 0.1) is 5.39 Å². The minimum Gasteiger partial charge on any atom is -0.345 e. The quantitative estimate of drug-likeness (QED) is 0.819. The van der Waals surface area contributed by atoms with E-state index in [9.17, 15) is 0 Å². The standard InChI is InChI=1S/C9H10IN3/c1-5(2)8-11-3-6-7(10)4-12-9(6)13-8/h3-5H,1-2H3,(H,11,12,13). The molecule has 2 heterocycles. The summed E-state index contributed by atoms with van der Waals surface area (Å²) in [7, 11) is 0. The summed E-state index contributed by atoms with van der Waals surface area (Å²) in [6.07, 6.45) is 3.83. The Morgan fingerprint density at radius 1 is 1.46 bits per heavy atom. The van der Waals surface area contributed by atoms with E-state index in [2.05, 4.69) is 51.4 Å². The van der Waals surface area contributed by atoms with E-state index >= 15 is 0 Å². The summed E-state index contributed by atoms with van der Waals surface area (Å²) in [4.78, 5) is 11.9. The van der Waals surface area contributed by atoms with Crippen LogP contribution in [0.1, 0.15) is 25.6 Å². The number of rotatable bonds is 1. The zero-order valence-electron chi connectivity index (χ0n) is 7.50. The van der Waals surface area contributed by atoms with Crippen LogP contribution in [0.25, 0.3) is 11.0 Å². The monoisotopic (exact) mass is 287 g/mol. The maximum atomic E-state index is 4.42. The lowest BCUT2D eigenvalue weighted by molar-refractivity contribution is 0.781. The Balaban J connectivity index is 2.63. The van der Waals surface area contributed by atoms with E-state index in [0.29, 0.717) is 5.92 Å². The molecular weight excluding hydrogens is 277 g/mol. The molecule has 0 aromatic carbocycles. The van der Waals surface area contributed by atoms with Crippen LogP contribution in [0.2, 0.25) is 0 Å². The van der Waals surface area contributed by atoms with Crippen LogP contribution in [0.3, 0.4) is 0 Å². The number of hydrogen-bond donors (Lipinski definition) is 1. The van der Waals surface area contributed by atoms with Gasteiger partial charge in [0.1, 0.15) is 11.5 Å². The highest BCUT2D eigenvalue weighted by Gasteiger charge is 2.06. The number of aromatic nitrogens is 3. The molecule has 0 saturated heterocycles. The zero-order chi connectivity index (χ0) is 9.42. The summed E-state index contributed by atoms with van der Waals surface area (Å²) in [5.74, 6) is 1.27. The number of halogens is 1. The van der Waals surface area contributed by atoms with E-state index in [0.717, 1.165) is 16.9 Å². The Hall–Kier alpha value is -0.650. The Morgan fingerprint density at radius 3 is 2.92 bits per heavy atom. The number of nitrogens with zero attached hydrogens (tertiary/aromatic N) is 2. The molecule has 0 amide bonds. The highest BCUT2D eigenvalue weighted by atomic mass is 127. The third-order valence-electron chi connectivity index (χ3n) is 1.92. The highest BCUT2D eigenvalue weighted by molar-refractivity contribution is 14.1. The predicted octanol–water partition coefficient (Wildman–Crippen LogP) is 2.69. The first-order valence-corrected chi connectivity index (χ1v) is 5.26. The van der Waals surface area contributed by atoms with Crippen LogP contribution in [0, 0.1) is 3.57 Å². The summed E-state index contributed by atoms with van der Waals surface area (Å²) in [6.45, 7) is 4.18. The molecule has 0 fully saturated rings. The molecule has 0 aliphatic carbocycles. The van der Waals surface area contributed by atoms with Crippen LogP contribution in [-0.4, -0.2) is 15.0 Å². The van der Waals surface area contributed by atoms with Gasteiger partial charge in [-0.05, 0) is 22.6 Å². The van der Waals surface area contributed by atoms with Gasteiger partial charge in [-0.15, -0.1) is 0 Å². The largest absolute Gasteiger partial charge is 0.345 e. The van der Waals surface area contributed by atoms with Gasteiger partial charge in [-0.1, -0.05) is 13.8 Å². The maximum absolute atomic E-state index is 4.42. The summed E-state index contributed by atoms with van der Waals surface area (Å²) >= 11 is 2.27. The normalized spacial score (nSPS) is 11.4. The Bertz CT molecular complexity index is 433. The lowest BCUT2D eigenvalue weighted by atomic mass is 10.2. The van der Waals surface area contributed by atoms with Crippen molar-refractivity contribution in [1.82, 2.24) is 15.0 Å². The fraction of sp³-hybridized carbons (Fsp3) is 0.333. The Kier molecular flexibility index (Phi) is 2.23. The summed E-state index contributed by atoms with van der Waals surface area (Å²) in [5, 5.41) is 1.10. The first kappa shape index (κ1) is 8.93. The molecule has 0 aliphatic heterocycles. The number of H-pyrrole nitrogens is 1. The van der Waals surface area contributed by atoms with E-state index in [1.807, 2.05) is 12.4 Å². The number of hydrogen-bond acceptors (Lipinski definition) is 2. The average Bonchev–Trinajstić information content (AvgIpc) is 2.47. The van der Waals surface area contributed by atoms with Gasteiger partial charge in [-0.25, -0.2) is 9.97 Å².